The molecule has 1 aromatic heterocycles. The van der Waals surface area contributed by atoms with Crippen molar-refractivity contribution >= 4 is 5.69 Å². The minimum atomic E-state index is -0.204. The van der Waals surface area contributed by atoms with Gasteiger partial charge in [-0.2, -0.15) is 0 Å². The van der Waals surface area contributed by atoms with Crippen molar-refractivity contribution in [2.45, 2.75) is 13.1 Å². The average molecular weight is 259 g/mol. The Morgan fingerprint density at radius 1 is 1.16 bits per heavy atom. The van der Waals surface area contributed by atoms with Crippen LogP contribution in [-0.4, -0.2) is 19.1 Å². The number of pyridine rings is 1. The summed E-state index contributed by atoms with van der Waals surface area (Å²) in [4.78, 5) is 6.02. The fourth-order valence-corrected chi connectivity index (χ4v) is 2.01. The van der Waals surface area contributed by atoms with E-state index in [1.165, 1.54) is 0 Å². The zero-order chi connectivity index (χ0) is 13.7. The molecule has 0 aliphatic carbocycles. The lowest BCUT2D eigenvalue weighted by atomic mass is 10.1. The molecule has 1 N–H and O–H groups in total. The molecule has 19 heavy (non-hydrogen) atoms. The first-order valence-electron chi connectivity index (χ1n) is 6.23. The number of benzene rings is 1. The van der Waals surface area contributed by atoms with Crippen molar-refractivity contribution in [3.63, 3.8) is 0 Å². The maximum Gasteiger partial charge on any atom is 0.125 e. The number of aromatic nitrogens is 1. The van der Waals surface area contributed by atoms with E-state index in [0.29, 0.717) is 6.54 Å². The number of halogens is 1. The van der Waals surface area contributed by atoms with E-state index < -0.39 is 0 Å². The Labute approximate surface area is 113 Å². The third-order valence-corrected chi connectivity index (χ3v) is 2.93. The highest BCUT2D eigenvalue weighted by Crippen LogP contribution is 2.19. The number of rotatable bonds is 5. The zero-order valence-corrected chi connectivity index (χ0v) is 11.2. The molecule has 0 aliphatic rings. The van der Waals surface area contributed by atoms with Crippen molar-refractivity contribution in [2.24, 2.45) is 0 Å². The second-order valence-electron chi connectivity index (χ2n) is 4.56. The Morgan fingerprint density at radius 2 is 1.89 bits per heavy atom. The molecule has 0 fully saturated rings. The van der Waals surface area contributed by atoms with E-state index in [1.54, 1.807) is 24.5 Å². The fraction of sp³-hybridized carbons (Fsp3) is 0.267. The smallest absolute Gasteiger partial charge is 0.125 e. The van der Waals surface area contributed by atoms with E-state index in [4.69, 9.17) is 0 Å². The second kappa shape index (κ2) is 6.29. The van der Waals surface area contributed by atoms with Crippen molar-refractivity contribution in [2.75, 3.05) is 19.0 Å². The van der Waals surface area contributed by atoms with Gasteiger partial charge >= 0.3 is 0 Å². The van der Waals surface area contributed by atoms with Crippen LogP contribution in [0.3, 0.4) is 0 Å². The molecule has 100 valence electrons. The monoisotopic (exact) mass is 259 g/mol. The van der Waals surface area contributed by atoms with Crippen LogP contribution in [0.5, 0.6) is 0 Å². The minimum absolute atomic E-state index is 0.204. The van der Waals surface area contributed by atoms with Gasteiger partial charge in [0, 0.05) is 38.2 Å². The van der Waals surface area contributed by atoms with E-state index in [9.17, 15) is 4.39 Å². The Balaban J connectivity index is 2.16. The van der Waals surface area contributed by atoms with Crippen LogP contribution >= 0.6 is 0 Å². The molecule has 2 rings (SSSR count). The van der Waals surface area contributed by atoms with Crippen LogP contribution in [0.1, 0.15) is 11.1 Å². The normalized spacial score (nSPS) is 10.5. The fourth-order valence-electron chi connectivity index (χ4n) is 2.01. The molecule has 0 unspecified atom stereocenters. The molecule has 0 spiro atoms. The lowest BCUT2D eigenvalue weighted by Gasteiger charge is -2.20. The summed E-state index contributed by atoms with van der Waals surface area (Å²) in [5.74, 6) is -0.204. The molecule has 4 heteroatoms. The van der Waals surface area contributed by atoms with E-state index in [1.807, 2.05) is 37.2 Å². The Morgan fingerprint density at radius 3 is 2.58 bits per heavy atom. The molecule has 1 aromatic carbocycles. The van der Waals surface area contributed by atoms with E-state index in [2.05, 4.69) is 10.3 Å². The standard InChI is InChI=1S/C15H18FN3/c1-17-10-13-7-14(16)9-15(8-13)19(2)11-12-3-5-18-6-4-12/h3-9,17H,10-11H2,1-2H3. The molecular weight excluding hydrogens is 241 g/mol. The number of nitrogens with one attached hydrogen (secondary N) is 1. The largest absolute Gasteiger partial charge is 0.370 e. The van der Waals surface area contributed by atoms with E-state index in [-0.39, 0.29) is 5.82 Å². The molecule has 3 nitrogen and oxygen atoms in total. The molecule has 1 heterocycles. The molecule has 0 saturated carbocycles. The molecule has 0 atom stereocenters. The van der Waals surface area contributed by atoms with Crippen LogP contribution in [0, 0.1) is 5.82 Å². The number of anilines is 1. The summed E-state index contributed by atoms with van der Waals surface area (Å²) >= 11 is 0. The summed E-state index contributed by atoms with van der Waals surface area (Å²) in [5.41, 5.74) is 2.97. The van der Waals surface area contributed by atoms with Crippen LogP contribution < -0.4 is 10.2 Å². The van der Waals surface area contributed by atoms with Crippen molar-refractivity contribution in [3.8, 4) is 0 Å². The van der Waals surface area contributed by atoms with Gasteiger partial charge in [0.25, 0.3) is 0 Å². The highest BCUT2D eigenvalue weighted by molar-refractivity contribution is 5.49. The third kappa shape index (κ3) is 3.76. The zero-order valence-electron chi connectivity index (χ0n) is 11.2. The number of hydrogen-bond donors (Lipinski definition) is 1. The Kier molecular flexibility index (Phi) is 4.47. The van der Waals surface area contributed by atoms with Gasteiger partial charge < -0.3 is 10.2 Å². The molecule has 0 saturated heterocycles. The highest BCUT2D eigenvalue weighted by atomic mass is 19.1. The van der Waals surface area contributed by atoms with Gasteiger partial charge in [-0.25, -0.2) is 4.39 Å². The first-order valence-corrected chi connectivity index (χ1v) is 6.23. The van der Waals surface area contributed by atoms with Gasteiger partial charge in [-0.1, -0.05) is 0 Å². The van der Waals surface area contributed by atoms with Crippen LogP contribution in [0.15, 0.2) is 42.7 Å². The Bertz CT molecular complexity index is 528. The lowest BCUT2D eigenvalue weighted by molar-refractivity contribution is 0.623. The number of nitrogens with zero attached hydrogens (tertiary/aromatic N) is 2. The second-order valence-corrected chi connectivity index (χ2v) is 4.56. The minimum Gasteiger partial charge on any atom is -0.370 e. The van der Waals surface area contributed by atoms with E-state index in [0.717, 1.165) is 23.4 Å². The van der Waals surface area contributed by atoms with Crippen LogP contribution in [0.25, 0.3) is 0 Å². The lowest BCUT2D eigenvalue weighted by Crippen LogP contribution is -2.17. The molecule has 0 radical (unpaired) electrons. The first kappa shape index (κ1) is 13.5. The number of hydrogen-bond acceptors (Lipinski definition) is 3. The molecule has 2 aromatic rings. The maximum absolute atomic E-state index is 13.6. The van der Waals surface area contributed by atoms with E-state index >= 15 is 0 Å². The van der Waals surface area contributed by atoms with Gasteiger partial charge in [-0.15, -0.1) is 0 Å². The van der Waals surface area contributed by atoms with Gasteiger partial charge in [-0.3, -0.25) is 4.98 Å². The predicted molar refractivity (Wildman–Crippen MR) is 75.5 cm³/mol. The predicted octanol–water partition coefficient (Wildman–Crippen LogP) is 2.58. The average Bonchev–Trinajstić information content (AvgIpc) is 2.39. The third-order valence-electron chi connectivity index (χ3n) is 2.93. The quantitative estimate of drug-likeness (QED) is 0.894. The molecule has 0 aliphatic heterocycles. The Hall–Kier alpha value is -1.94. The summed E-state index contributed by atoms with van der Waals surface area (Å²) in [6, 6.07) is 9.04. The molecule has 0 bridgehead atoms. The summed E-state index contributed by atoms with van der Waals surface area (Å²) in [5, 5.41) is 3.03. The van der Waals surface area contributed by atoms with Crippen LogP contribution in [-0.2, 0) is 13.1 Å². The highest BCUT2D eigenvalue weighted by Gasteiger charge is 2.06. The summed E-state index contributed by atoms with van der Waals surface area (Å²) in [6.45, 7) is 1.39. The molecule has 0 amide bonds. The SMILES string of the molecule is CNCc1cc(F)cc(N(C)Cc2ccncc2)c1. The van der Waals surface area contributed by atoms with Gasteiger partial charge in [-0.05, 0) is 48.5 Å². The van der Waals surface area contributed by atoms with Crippen molar-refractivity contribution in [1.29, 1.82) is 0 Å². The van der Waals surface area contributed by atoms with Crippen molar-refractivity contribution < 1.29 is 4.39 Å². The topological polar surface area (TPSA) is 28.2 Å². The van der Waals surface area contributed by atoms with Crippen molar-refractivity contribution in [1.82, 2.24) is 10.3 Å². The summed E-state index contributed by atoms with van der Waals surface area (Å²) in [6.07, 6.45) is 3.53. The van der Waals surface area contributed by atoms with Gasteiger partial charge in [0.1, 0.15) is 5.82 Å². The first-order chi connectivity index (χ1) is 9.19. The maximum atomic E-state index is 13.6. The van der Waals surface area contributed by atoms with Crippen LogP contribution in [0.4, 0.5) is 10.1 Å². The summed E-state index contributed by atoms with van der Waals surface area (Å²) in [7, 11) is 3.81. The van der Waals surface area contributed by atoms with Gasteiger partial charge in [0.15, 0.2) is 0 Å². The van der Waals surface area contributed by atoms with Crippen LogP contribution in [0.2, 0.25) is 0 Å². The van der Waals surface area contributed by atoms with Gasteiger partial charge in [0.2, 0.25) is 0 Å². The van der Waals surface area contributed by atoms with Gasteiger partial charge in [0.05, 0.1) is 0 Å². The molecular formula is C15H18FN3. The summed E-state index contributed by atoms with van der Waals surface area (Å²) < 4.78 is 13.6. The van der Waals surface area contributed by atoms with Crippen molar-refractivity contribution in [3.05, 3.63) is 59.7 Å².